The number of fused-ring (bicyclic) bond motifs is 3. The molecule has 3 fully saturated rings. The molecule has 5 rings (SSSR count). The molecule has 3 heterocycles. The zero-order chi connectivity index (χ0) is 23.1. The lowest BCUT2D eigenvalue weighted by molar-refractivity contribution is -0.294. The summed E-state index contributed by atoms with van der Waals surface area (Å²) in [6.07, 6.45) is -2.14. The van der Waals surface area contributed by atoms with Crippen molar-refractivity contribution in [3.63, 3.8) is 0 Å². The van der Waals surface area contributed by atoms with E-state index in [9.17, 15) is 4.57 Å². The number of azide groups is 1. The van der Waals surface area contributed by atoms with E-state index < -0.39 is 43.3 Å². The number of nitrogens with zero attached hydrogens (tertiary/aromatic N) is 3. The van der Waals surface area contributed by atoms with Crippen molar-refractivity contribution < 1.29 is 28.2 Å². The fraction of sp³-hybridized carbons (Fsp3) is 0.478. The van der Waals surface area contributed by atoms with Gasteiger partial charge in [0.15, 0.2) is 12.1 Å². The van der Waals surface area contributed by atoms with E-state index in [1.807, 2.05) is 60.7 Å². The van der Waals surface area contributed by atoms with Gasteiger partial charge >= 0.3 is 0 Å². The number of hydrogen-bond acceptors (Lipinski definition) is 7. The van der Waals surface area contributed by atoms with E-state index in [1.165, 1.54) is 0 Å². The fourth-order valence-electron chi connectivity index (χ4n) is 4.82. The molecule has 0 saturated carbocycles. The molecule has 3 saturated heterocycles. The van der Waals surface area contributed by atoms with Gasteiger partial charge in [-0.05, 0) is 19.4 Å². The molecule has 0 spiro atoms. The van der Waals surface area contributed by atoms with E-state index in [0.29, 0.717) is 0 Å². The Balaban J connectivity index is 1.42. The van der Waals surface area contributed by atoms with Crippen molar-refractivity contribution in [2.75, 3.05) is 19.3 Å². The quantitative estimate of drug-likeness (QED) is 0.277. The van der Waals surface area contributed by atoms with Crippen LogP contribution >= 0.6 is 7.14 Å². The van der Waals surface area contributed by atoms with Gasteiger partial charge in [0.2, 0.25) is 5.79 Å². The molecule has 0 aliphatic carbocycles. The molecule has 2 aromatic carbocycles. The average Bonchev–Trinajstić information content (AvgIpc) is 3.25. The number of rotatable bonds is 6. The maximum absolute atomic E-state index is 14.4. The number of hydrogen-bond donors (Lipinski definition) is 0. The summed E-state index contributed by atoms with van der Waals surface area (Å²) in [5.41, 5.74) is 8.84. The molecule has 3 aliphatic rings. The van der Waals surface area contributed by atoms with Crippen LogP contribution in [0.3, 0.4) is 0 Å². The predicted molar refractivity (Wildman–Crippen MR) is 121 cm³/mol. The first-order valence-electron chi connectivity index (χ1n) is 10.9. The van der Waals surface area contributed by atoms with E-state index in [2.05, 4.69) is 10.0 Å². The van der Waals surface area contributed by atoms with Gasteiger partial charge in [-0.1, -0.05) is 65.8 Å². The maximum Gasteiger partial charge on any atom is 0.206 e. The molecule has 10 heteroatoms. The van der Waals surface area contributed by atoms with Crippen LogP contribution in [-0.2, 0) is 28.2 Å². The molecule has 0 bridgehead atoms. The molecule has 0 unspecified atom stereocenters. The lowest BCUT2D eigenvalue weighted by Gasteiger charge is -2.35. The van der Waals surface area contributed by atoms with Crippen molar-refractivity contribution in [2.45, 2.75) is 50.0 Å². The number of benzene rings is 2. The van der Waals surface area contributed by atoms with Crippen molar-refractivity contribution in [1.82, 2.24) is 0 Å². The maximum atomic E-state index is 14.4. The van der Waals surface area contributed by atoms with Gasteiger partial charge in [-0.25, -0.2) is 0 Å². The molecule has 174 valence electrons. The Morgan fingerprint density at radius 1 is 1.06 bits per heavy atom. The standard InChI is InChI=1S/C23H26N3O6P/c1-22(2)31-21-20-18(30-23(21,32-22)15-25-26-24)13-28-19(29-20)14-33(27,16-9-5-3-6-10-16)17-11-7-4-8-12-17/h3-12,18-21H,13-15H2,1-2H3/t18-,19+,20+,21-,23-/m0/s1. The van der Waals surface area contributed by atoms with Crippen molar-refractivity contribution >= 4 is 17.8 Å². The molecular weight excluding hydrogens is 445 g/mol. The van der Waals surface area contributed by atoms with E-state index >= 15 is 0 Å². The summed E-state index contributed by atoms with van der Waals surface area (Å²) >= 11 is 0. The highest BCUT2D eigenvalue weighted by molar-refractivity contribution is 7.78. The lowest BCUT2D eigenvalue weighted by Crippen LogP contribution is -2.49. The Morgan fingerprint density at radius 2 is 1.70 bits per heavy atom. The zero-order valence-corrected chi connectivity index (χ0v) is 19.3. The van der Waals surface area contributed by atoms with Gasteiger partial charge in [-0.15, -0.1) is 0 Å². The van der Waals surface area contributed by atoms with E-state index in [0.717, 1.165) is 10.6 Å². The Labute approximate surface area is 191 Å². The van der Waals surface area contributed by atoms with Crippen LogP contribution in [0, 0.1) is 0 Å². The summed E-state index contributed by atoms with van der Waals surface area (Å²) in [6, 6.07) is 18.8. The van der Waals surface area contributed by atoms with Crippen LogP contribution in [0.4, 0.5) is 0 Å². The van der Waals surface area contributed by atoms with Crippen molar-refractivity contribution in [3.05, 3.63) is 71.1 Å². The highest BCUT2D eigenvalue weighted by atomic mass is 31.2. The summed E-state index contributed by atoms with van der Waals surface area (Å²) in [4.78, 5) is 2.85. The molecule has 0 amide bonds. The molecule has 0 radical (unpaired) electrons. The van der Waals surface area contributed by atoms with Crippen LogP contribution in [0.25, 0.3) is 10.4 Å². The monoisotopic (exact) mass is 471 g/mol. The Morgan fingerprint density at radius 3 is 2.30 bits per heavy atom. The Bertz CT molecular complexity index is 1050. The van der Waals surface area contributed by atoms with E-state index in [-0.39, 0.29) is 19.3 Å². The molecule has 3 aliphatic heterocycles. The van der Waals surface area contributed by atoms with Gasteiger partial charge in [-0.3, -0.25) is 0 Å². The van der Waals surface area contributed by atoms with Gasteiger partial charge in [0.1, 0.15) is 25.5 Å². The predicted octanol–water partition coefficient (Wildman–Crippen LogP) is 3.30. The third-order valence-electron chi connectivity index (χ3n) is 6.14. The molecule has 33 heavy (non-hydrogen) atoms. The van der Waals surface area contributed by atoms with Gasteiger partial charge < -0.3 is 28.2 Å². The normalized spacial score (nSPS) is 32.5. The minimum atomic E-state index is -3.05. The lowest BCUT2D eigenvalue weighted by atomic mass is 10.0. The van der Waals surface area contributed by atoms with Crippen LogP contribution in [0.5, 0.6) is 0 Å². The van der Waals surface area contributed by atoms with Gasteiger partial charge in [0.05, 0.1) is 19.3 Å². The average molecular weight is 471 g/mol. The van der Waals surface area contributed by atoms with Crippen LogP contribution < -0.4 is 10.6 Å². The molecule has 0 N–H and O–H groups in total. The van der Waals surface area contributed by atoms with Gasteiger partial charge in [0, 0.05) is 15.5 Å². The van der Waals surface area contributed by atoms with Crippen molar-refractivity contribution in [1.29, 1.82) is 0 Å². The molecular formula is C23H26N3O6P. The first kappa shape index (κ1) is 22.6. The fourth-order valence-corrected chi connectivity index (χ4v) is 7.46. The first-order valence-corrected chi connectivity index (χ1v) is 12.8. The largest absolute Gasteiger partial charge is 0.349 e. The van der Waals surface area contributed by atoms with Crippen LogP contribution in [0.2, 0.25) is 0 Å². The minimum absolute atomic E-state index is 0.0504. The smallest absolute Gasteiger partial charge is 0.206 e. The van der Waals surface area contributed by atoms with Crippen molar-refractivity contribution in [3.8, 4) is 0 Å². The minimum Gasteiger partial charge on any atom is -0.349 e. The van der Waals surface area contributed by atoms with Crippen LogP contribution in [0.15, 0.2) is 65.8 Å². The summed E-state index contributed by atoms with van der Waals surface area (Å²) < 4.78 is 44.9. The molecule has 0 aromatic heterocycles. The second-order valence-corrected chi connectivity index (χ2v) is 11.7. The van der Waals surface area contributed by atoms with Gasteiger partial charge in [-0.2, -0.15) is 0 Å². The third kappa shape index (κ3) is 4.11. The topological polar surface area (TPSA) is 112 Å². The highest BCUT2D eigenvalue weighted by Gasteiger charge is 2.66. The second kappa shape index (κ2) is 8.53. The summed E-state index contributed by atoms with van der Waals surface area (Å²) in [7, 11) is -3.05. The van der Waals surface area contributed by atoms with Gasteiger partial charge in [0.25, 0.3) is 0 Å². The summed E-state index contributed by atoms with van der Waals surface area (Å²) in [5.74, 6) is -2.17. The SMILES string of the molecule is CC1(C)O[C@H]2[C@@H]3O[C@H](CP(=O)(c4ccccc4)c4ccccc4)OC[C@@H]3O[C@@]2(CN=[N+]=[N-])O1. The Kier molecular flexibility index (Phi) is 5.83. The summed E-state index contributed by atoms with van der Waals surface area (Å²) in [5, 5.41) is 5.16. The second-order valence-electron chi connectivity index (χ2n) is 8.85. The molecule has 2 aromatic rings. The first-order chi connectivity index (χ1) is 15.9. The summed E-state index contributed by atoms with van der Waals surface area (Å²) in [6.45, 7) is 3.72. The Hall–Kier alpha value is -2.22. The van der Waals surface area contributed by atoms with Crippen LogP contribution in [0.1, 0.15) is 13.8 Å². The zero-order valence-electron chi connectivity index (χ0n) is 18.4. The number of ether oxygens (including phenoxy) is 5. The van der Waals surface area contributed by atoms with E-state index in [4.69, 9.17) is 29.2 Å². The molecule has 5 atom stereocenters. The van der Waals surface area contributed by atoms with E-state index in [1.54, 1.807) is 13.8 Å². The highest BCUT2D eigenvalue weighted by Crippen LogP contribution is 2.50. The van der Waals surface area contributed by atoms with Crippen LogP contribution in [-0.4, -0.2) is 55.5 Å². The molecule has 9 nitrogen and oxygen atoms in total. The third-order valence-corrected chi connectivity index (χ3v) is 9.22. The van der Waals surface area contributed by atoms with Crippen molar-refractivity contribution in [2.24, 2.45) is 5.11 Å².